The molecule has 0 saturated carbocycles. The van der Waals surface area contributed by atoms with Crippen molar-refractivity contribution in [3.63, 3.8) is 0 Å². The van der Waals surface area contributed by atoms with E-state index in [4.69, 9.17) is 0 Å². The fourth-order valence-corrected chi connectivity index (χ4v) is 0.955. The third kappa shape index (κ3) is 2.19. The molecule has 0 unspecified atom stereocenters. The minimum atomic E-state index is -2.87. The Bertz CT molecular complexity index is 251. The van der Waals surface area contributed by atoms with Gasteiger partial charge < -0.3 is 0 Å². The molecule has 0 fully saturated rings. The summed E-state index contributed by atoms with van der Waals surface area (Å²) in [6.45, 7) is 0.439. The van der Waals surface area contributed by atoms with Crippen molar-refractivity contribution in [2.24, 2.45) is 5.10 Å². The van der Waals surface area contributed by atoms with Crippen molar-refractivity contribution in [2.75, 3.05) is 6.54 Å². The Morgan fingerprint density at radius 3 is 2.82 bits per heavy atom. The SMILES string of the molecule is O=C(N[SH](=O)=O)N1CCC=N1. The Balaban J connectivity index is 2.47. The molecule has 1 rings (SSSR count). The summed E-state index contributed by atoms with van der Waals surface area (Å²) in [6, 6.07) is -0.699. The third-order valence-corrected chi connectivity index (χ3v) is 1.49. The number of nitrogens with zero attached hydrogens (tertiary/aromatic N) is 2. The van der Waals surface area contributed by atoms with Gasteiger partial charge in [-0.3, -0.25) is 0 Å². The zero-order valence-corrected chi connectivity index (χ0v) is 6.45. The van der Waals surface area contributed by atoms with Gasteiger partial charge in [-0.05, 0) is 0 Å². The van der Waals surface area contributed by atoms with Gasteiger partial charge >= 0.3 is 6.03 Å². The zero-order valence-electron chi connectivity index (χ0n) is 5.56. The van der Waals surface area contributed by atoms with Crippen molar-refractivity contribution in [1.29, 1.82) is 0 Å². The Morgan fingerprint density at radius 1 is 1.64 bits per heavy atom. The summed E-state index contributed by atoms with van der Waals surface area (Å²) in [5, 5.41) is 4.68. The van der Waals surface area contributed by atoms with Crippen molar-refractivity contribution in [3.8, 4) is 0 Å². The molecule has 7 heteroatoms. The summed E-state index contributed by atoms with van der Waals surface area (Å²) in [4.78, 5) is 10.8. The lowest BCUT2D eigenvalue weighted by Crippen LogP contribution is -2.34. The first-order chi connectivity index (χ1) is 5.20. The van der Waals surface area contributed by atoms with Crippen molar-refractivity contribution < 1.29 is 13.2 Å². The first-order valence-corrected chi connectivity index (χ1v) is 4.13. The number of hydrazone groups is 1. The maximum atomic E-state index is 10.8. The Kier molecular flexibility index (Phi) is 2.42. The molecule has 2 amide bonds. The average Bonchev–Trinajstić information content (AvgIpc) is 2.35. The molecular weight excluding hydrogens is 170 g/mol. The number of hydrogen-bond donors (Lipinski definition) is 2. The van der Waals surface area contributed by atoms with E-state index >= 15 is 0 Å². The molecule has 0 spiro atoms. The van der Waals surface area contributed by atoms with Gasteiger partial charge in [0.1, 0.15) is 0 Å². The smallest absolute Gasteiger partial charge is 0.246 e. The van der Waals surface area contributed by atoms with Crippen LogP contribution in [0.1, 0.15) is 6.42 Å². The molecular formula is C4H7N3O3S. The summed E-state index contributed by atoms with van der Waals surface area (Å²) >= 11 is 0. The summed E-state index contributed by atoms with van der Waals surface area (Å²) in [7, 11) is -2.87. The van der Waals surface area contributed by atoms with Crippen LogP contribution in [-0.4, -0.2) is 32.2 Å². The molecule has 0 bridgehead atoms. The highest BCUT2D eigenvalue weighted by atomic mass is 32.2. The van der Waals surface area contributed by atoms with Crippen LogP contribution in [0.3, 0.4) is 0 Å². The normalized spacial score (nSPS) is 15.9. The minimum Gasteiger partial charge on any atom is -0.246 e. The van der Waals surface area contributed by atoms with E-state index in [2.05, 4.69) is 5.10 Å². The molecule has 6 nitrogen and oxygen atoms in total. The fraction of sp³-hybridized carbons (Fsp3) is 0.500. The summed E-state index contributed by atoms with van der Waals surface area (Å²) in [5.41, 5.74) is 0. The van der Waals surface area contributed by atoms with Crippen LogP contribution >= 0.6 is 0 Å². The van der Waals surface area contributed by atoms with Crippen LogP contribution in [-0.2, 0) is 10.9 Å². The van der Waals surface area contributed by atoms with Gasteiger partial charge in [0.25, 0.3) is 0 Å². The molecule has 0 aromatic heterocycles. The van der Waals surface area contributed by atoms with Crippen molar-refractivity contribution in [2.45, 2.75) is 6.42 Å². The van der Waals surface area contributed by atoms with E-state index in [9.17, 15) is 13.2 Å². The molecule has 0 aliphatic carbocycles. The monoisotopic (exact) mass is 177 g/mol. The van der Waals surface area contributed by atoms with Gasteiger partial charge in [0.05, 0.1) is 6.54 Å². The second-order valence-corrected chi connectivity index (χ2v) is 2.62. The highest BCUT2D eigenvalue weighted by Gasteiger charge is 2.14. The second-order valence-electron chi connectivity index (χ2n) is 1.88. The molecule has 1 heterocycles. The zero-order chi connectivity index (χ0) is 8.27. The van der Waals surface area contributed by atoms with Gasteiger partial charge in [-0.15, -0.1) is 0 Å². The summed E-state index contributed by atoms with van der Waals surface area (Å²) in [5.74, 6) is 0. The molecule has 62 valence electrons. The predicted octanol–water partition coefficient (Wildman–Crippen LogP) is -1.09. The number of carbonyl (C=O) groups excluding carboxylic acids is 1. The molecule has 0 aromatic rings. The van der Waals surface area contributed by atoms with Crippen molar-refractivity contribution in [1.82, 2.24) is 9.73 Å². The molecule has 1 aliphatic heterocycles. The summed E-state index contributed by atoms with van der Waals surface area (Å²) < 4.78 is 21.7. The van der Waals surface area contributed by atoms with E-state index in [-0.39, 0.29) is 0 Å². The Labute approximate surface area is 65.0 Å². The molecule has 1 aliphatic rings. The van der Waals surface area contributed by atoms with Crippen LogP contribution in [0.2, 0.25) is 0 Å². The van der Waals surface area contributed by atoms with E-state index in [1.54, 1.807) is 10.9 Å². The lowest BCUT2D eigenvalue weighted by molar-refractivity contribution is 0.211. The van der Waals surface area contributed by atoms with Crippen LogP contribution in [0.15, 0.2) is 5.10 Å². The van der Waals surface area contributed by atoms with Crippen LogP contribution in [0.4, 0.5) is 4.79 Å². The molecule has 0 atom stereocenters. The fourth-order valence-electron chi connectivity index (χ4n) is 0.684. The van der Waals surface area contributed by atoms with Crippen LogP contribution < -0.4 is 4.72 Å². The minimum absolute atomic E-state index is 0.439. The molecule has 0 radical (unpaired) electrons. The molecule has 11 heavy (non-hydrogen) atoms. The first kappa shape index (κ1) is 7.99. The largest absolute Gasteiger partial charge is 0.351 e. The van der Waals surface area contributed by atoms with Gasteiger partial charge in [0, 0.05) is 12.6 Å². The maximum absolute atomic E-state index is 10.8. The van der Waals surface area contributed by atoms with Crippen molar-refractivity contribution in [3.05, 3.63) is 0 Å². The number of rotatable bonds is 1. The molecule has 0 aromatic carbocycles. The third-order valence-electron chi connectivity index (χ3n) is 1.11. The van der Waals surface area contributed by atoms with Crippen LogP contribution in [0, 0.1) is 0 Å². The average molecular weight is 177 g/mol. The predicted molar refractivity (Wildman–Crippen MR) is 38.7 cm³/mol. The van der Waals surface area contributed by atoms with Crippen LogP contribution in [0.25, 0.3) is 0 Å². The van der Waals surface area contributed by atoms with E-state index in [0.717, 1.165) is 5.01 Å². The summed E-state index contributed by atoms with van der Waals surface area (Å²) in [6.07, 6.45) is 2.22. The van der Waals surface area contributed by atoms with Gasteiger partial charge in [-0.25, -0.2) is 22.9 Å². The van der Waals surface area contributed by atoms with E-state index in [1.165, 1.54) is 0 Å². The van der Waals surface area contributed by atoms with Gasteiger partial charge in [0.15, 0.2) is 0 Å². The van der Waals surface area contributed by atoms with Gasteiger partial charge in [-0.2, -0.15) is 5.10 Å². The number of hydrogen-bond acceptors (Lipinski definition) is 4. The number of amides is 2. The highest BCUT2D eigenvalue weighted by molar-refractivity contribution is 7.70. The highest BCUT2D eigenvalue weighted by Crippen LogP contribution is 1.98. The van der Waals surface area contributed by atoms with Gasteiger partial charge in [0.2, 0.25) is 10.9 Å². The standard InChI is InChI=1S/C4H7N3O3S/c8-4(6-11(9)10)7-3-1-2-5-7/h2,11H,1,3H2,(H,6,8,9,10). The number of urea groups is 1. The number of carbonyl (C=O) groups is 1. The Hall–Kier alpha value is -1.11. The van der Waals surface area contributed by atoms with Crippen molar-refractivity contribution >= 4 is 23.1 Å². The Morgan fingerprint density at radius 2 is 2.36 bits per heavy atom. The second kappa shape index (κ2) is 3.33. The molecule has 0 saturated heterocycles. The maximum Gasteiger partial charge on any atom is 0.351 e. The first-order valence-electron chi connectivity index (χ1n) is 2.95. The lowest BCUT2D eigenvalue weighted by atomic mass is 10.5. The quantitative estimate of drug-likeness (QED) is 0.500. The lowest BCUT2D eigenvalue weighted by Gasteiger charge is -2.08. The van der Waals surface area contributed by atoms with E-state index in [0.29, 0.717) is 13.0 Å². The van der Waals surface area contributed by atoms with E-state index < -0.39 is 16.9 Å². The number of thiol groups is 1. The van der Waals surface area contributed by atoms with Crippen LogP contribution in [0.5, 0.6) is 0 Å². The molecule has 1 N–H and O–H groups in total. The number of nitrogens with one attached hydrogen (secondary N) is 1. The topological polar surface area (TPSA) is 78.8 Å². The van der Waals surface area contributed by atoms with E-state index in [1.807, 2.05) is 0 Å². The van der Waals surface area contributed by atoms with Gasteiger partial charge in [-0.1, -0.05) is 0 Å².